The first-order chi connectivity index (χ1) is 3.76. The molecule has 1 heterocycles. The molecule has 0 amide bonds. The minimum absolute atomic E-state index is 0.671. The SMILES string of the molecule is CCC1(C)[B][C@@H]2CC21. The summed E-state index contributed by atoms with van der Waals surface area (Å²) in [6.07, 6.45) is 2.86. The zero-order chi connectivity index (χ0) is 5.78. The molecular weight excluding hydrogens is 94.9 g/mol. The van der Waals surface area contributed by atoms with Gasteiger partial charge in [0.2, 0.25) is 0 Å². The minimum Gasteiger partial charge on any atom is -0.0666 e. The van der Waals surface area contributed by atoms with Crippen molar-refractivity contribution in [3.8, 4) is 0 Å². The fourth-order valence-electron chi connectivity index (χ4n) is 2.03. The molecule has 1 saturated carbocycles. The summed E-state index contributed by atoms with van der Waals surface area (Å²) in [6.45, 7) is 4.69. The second-order valence-corrected chi connectivity index (χ2v) is 3.53. The third-order valence-electron chi connectivity index (χ3n) is 3.04. The highest BCUT2D eigenvalue weighted by molar-refractivity contribution is 6.49. The Balaban J connectivity index is 2.06. The smallest absolute Gasteiger partial charge is 0.0666 e. The lowest BCUT2D eigenvalue weighted by Crippen LogP contribution is -2.28. The second kappa shape index (κ2) is 1.15. The lowest BCUT2D eigenvalue weighted by molar-refractivity contribution is 0.473. The highest BCUT2D eigenvalue weighted by Gasteiger charge is 2.60. The maximum atomic E-state index is 2.54. The maximum Gasteiger partial charge on any atom is 0.122 e. The summed E-state index contributed by atoms with van der Waals surface area (Å²) < 4.78 is 0. The van der Waals surface area contributed by atoms with Gasteiger partial charge in [0.15, 0.2) is 0 Å². The van der Waals surface area contributed by atoms with Gasteiger partial charge < -0.3 is 0 Å². The van der Waals surface area contributed by atoms with Crippen LogP contribution in [-0.4, -0.2) is 7.28 Å². The summed E-state index contributed by atoms with van der Waals surface area (Å²) in [7, 11) is 2.54. The number of rotatable bonds is 1. The molecule has 2 aliphatic rings. The average Bonchev–Trinajstić information content (AvgIpc) is 2.40. The first kappa shape index (κ1) is 4.90. The highest BCUT2D eigenvalue weighted by Crippen LogP contribution is 2.71. The van der Waals surface area contributed by atoms with E-state index in [1.54, 1.807) is 0 Å². The van der Waals surface area contributed by atoms with Gasteiger partial charge in [-0.3, -0.25) is 0 Å². The minimum atomic E-state index is 0.671. The van der Waals surface area contributed by atoms with E-state index in [-0.39, 0.29) is 0 Å². The summed E-state index contributed by atoms with van der Waals surface area (Å²) in [4.78, 5) is 0. The van der Waals surface area contributed by atoms with Gasteiger partial charge in [-0.1, -0.05) is 37.8 Å². The molecule has 1 saturated heterocycles. The molecule has 0 N–H and O–H groups in total. The van der Waals surface area contributed by atoms with Crippen LogP contribution < -0.4 is 0 Å². The Kier molecular flexibility index (Phi) is 0.701. The van der Waals surface area contributed by atoms with E-state index in [1.165, 1.54) is 12.8 Å². The quantitative estimate of drug-likeness (QED) is 0.450. The van der Waals surface area contributed by atoms with Crippen LogP contribution in [0.4, 0.5) is 0 Å². The van der Waals surface area contributed by atoms with Crippen molar-refractivity contribution >= 4 is 7.28 Å². The van der Waals surface area contributed by atoms with Gasteiger partial charge in [-0.05, 0) is 5.92 Å². The first-order valence-electron chi connectivity index (χ1n) is 3.62. The summed E-state index contributed by atoms with van der Waals surface area (Å²) in [5.41, 5.74) is 0. The Morgan fingerprint density at radius 3 is 2.62 bits per heavy atom. The Bertz CT molecular complexity index is 122. The van der Waals surface area contributed by atoms with Crippen LogP contribution in [0.3, 0.4) is 0 Å². The van der Waals surface area contributed by atoms with Gasteiger partial charge in [0.25, 0.3) is 0 Å². The van der Waals surface area contributed by atoms with Crippen LogP contribution in [0.2, 0.25) is 11.1 Å². The van der Waals surface area contributed by atoms with Crippen LogP contribution in [0.15, 0.2) is 0 Å². The third kappa shape index (κ3) is 0.386. The fourth-order valence-corrected chi connectivity index (χ4v) is 2.03. The average molecular weight is 107 g/mol. The summed E-state index contributed by atoms with van der Waals surface area (Å²) in [5, 5.41) is 0.671. The van der Waals surface area contributed by atoms with Gasteiger partial charge >= 0.3 is 0 Å². The van der Waals surface area contributed by atoms with Crippen molar-refractivity contribution in [3.63, 3.8) is 0 Å². The second-order valence-electron chi connectivity index (χ2n) is 3.53. The number of fused-ring (bicyclic) bond motifs is 1. The normalized spacial score (nSPS) is 58.2. The van der Waals surface area contributed by atoms with E-state index in [4.69, 9.17) is 0 Å². The van der Waals surface area contributed by atoms with Crippen LogP contribution >= 0.6 is 0 Å². The first-order valence-corrected chi connectivity index (χ1v) is 3.62. The molecule has 0 bridgehead atoms. The molecule has 2 fully saturated rings. The van der Waals surface area contributed by atoms with Crippen LogP contribution in [0, 0.1) is 5.92 Å². The van der Waals surface area contributed by atoms with E-state index in [2.05, 4.69) is 21.1 Å². The van der Waals surface area contributed by atoms with Crippen molar-refractivity contribution in [1.29, 1.82) is 0 Å². The van der Waals surface area contributed by atoms with Crippen LogP contribution in [-0.2, 0) is 0 Å². The molecule has 1 aliphatic carbocycles. The zero-order valence-electron chi connectivity index (χ0n) is 5.65. The number of hydrogen-bond acceptors (Lipinski definition) is 0. The van der Waals surface area contributed by atoms with Crippen molar-refractivity contribution in [2.24, 2.45) is 5.92 Å². The molecule has 0 aromatic rings. The van der Waals surface area contributed by atoms with E-state index in [0.29, 0.717) is 5.31 Å². The molecule has 1 aliphatic heterocycles. The molecule has 2 unspecified atom stereocenters. The predicted molar refractivity (Wildman–Crippen MR) is 36.3 cm³/mol. The monoisotopic (exact) mass is 107 g/mol. The standard InChI is InChI=1S/C7H12B/c1-3-7(2)5-4-6(5)8-7/h5-6H,3-4H2,1-2H3/t5?,6-,7?/m1/s1. The van der Waals surface area contributed by atoms with Gasteiger partial charge in [-0.2, -0.15) is 0 Å². The van der Waals surface area contributed by atoms with E-state index in [9.17, 15) is 0 Å². The number of hydrogen-bond donors (Lipinski definition) is 0. The molecule has 1 radical (unpaired) electrons. The highest BCUT2D eigenvalue weighted by atomic mass is 14.5. The van der Waals surface area contributed by atoms with Crippen molar-refractivity contribution in [3.05, 3.63) is 0 Å². The maximum absolute atomic E-state index is 2.54. The molecule has 0 nitrogen and oxygen atoms in total. The molecule has 3 atom stereocenters. The van der Waals surface area contributed by atoms with E-state index >= 15 is 0 Å². The van der Waals surface area contributed by atoms with E-state index in [0.717, 1.165) is 11.7 Å². The van der Waals surface area contributed by atoms with Crippen LogP contribution in [0.1, 0.15) is 26.7 Å². The lowest BCUT2D eigenvalue weighted by Gasteiger charge is -2.36. The van der Waals surface area contributed by atoms with Crippen molar-refractivity contribution < 1.29 is 0 Å². The molecule has 1 heteroatoms. The molecule has 43 valence electrons. The van der Waals surface area contributed by atoms with Crippen LogP contribution in [0.5, 0.6) is 0 Å². The van der Waals surface area contributed by atoms with Gasteiger partial charge in [-0.15, -0.1) is 0 Å². The zero-order valence-corrected chi connectivity index (χ0v) is 5.65. The van der Waals surface area contributed by atoms with Crippen LogP contribution in [0.25, 0.3) is 0 Å². The van der Waals surface area contributed by atoms with Gasteiger partial charge in [-0.25, -0.2) is 0 Å². The summed E-state index contributed by atoms with van der Waals surface area (Å²) in [6, 6.07) is 0. The molecule has 8 heavy (non-hydrogen) atoms. The third-order valence-corrected chi connectivity index (χ3v) is 3.04. The van der Waals surface area contributed by atoms with Gasteiger partial charge in [0.1, 0.15) is 7.28 Å². The van der Waals surface area contributed by atoms with E-state index in [1.807, 2.05) is 0 Å². The van der Waals surface area contributed by atoms with E-state index < -0.39 is 0 Å². The lowest BCUT2D eigenvalue weighted by atomic mass is 9.38. The van der Waals surface area contributed by atoms with Gasteiger partial charge in [0.05, 0.1) is 0 Å². The molecule has 0 aromatic heterocycles. The summed E-state index contributed by atoms with van der Waals surface area (Å²) >= 11 is 0. The van der Waals surface area contributed by atoms with Crippen molar-refractivity contribution in [1.82, 2.24) is 0 Å². The Morgan fingerprint density at radius 1 is 1.75 bits per heavy atom. The Morgan fingerprint density at radius 2 is 2.50 bits per heavy atom. The topological polar surface area (TPSA) is 0 Å². The van der Waals surface area contributed by atoms with Crippen molar-refractivity contribution in [2.45, 2.75) is 37.8 Å². The van der Waals surface area contributed by atoms with Gasteiger partial charge in [0, 0.05) is 0 Å². The molecule has 2 rings (SSSR count). The Hall–Kier alpha value is 0.0649. The van der Waals surface area contributed by atoms with Crippen molar-refractivity contribution in [2.75, 3.05) is 0 Å². The Labute approximate surface area is 51.9 Å². The molecule has 0 spiro atoms. The predicted octanol–water partition coefficient (Wildman–Crippen LogP) is 2.10. The summed E-state index contributed by atoms with van der Waals surface area (Å²) in [5.74, 6) is 2.16. The largest absolute Gasteiger partial charge is 0.122 e. The molecular formula is C7H12B. The fraction of sp³-hybridized carbons (Fsp3) is 1.00. The molecule has 0 aromatic carbocycles.